The van der Waals surface area contributed by atoms with E-state index in [0.29, 0.717) is 13.2 Å². The molecule has 1 saturated heterocycles. The highest BCUT2D eigenvalue weighted by Gasteiger charge is 2.27. The lowest BCUT2D eigenvalue weighted by Gasteiger charge is -2.34. The summed E-state index contributed by atoms with van der Waals surface area (Å²) in [6, 6.07) is 16.9. The largest absolute Gasteiger partial charge is 0.378 e. The van der Waals surface area contributed by atoms with Crippen molar-refractivity contribution in [1.82, 2.24) is 14.9 Å². The third kappa shape index (κ3) is 3.62. The summed E-state index contributed by atoms with van der Waals surface area (Å²) in [5, 5.41) is 0. The topological polar surface area (TPSA) is 41.1 Å². The highest BCUT2D eigenvalue weighted by Crippen LogP contribution is 2.26. The Morgan fingerprint density at radius 2 is 1.92 bits per heavy atom. The van der Waals surface area contributed by atoms with Crippen molar-refractivity contribution in [3.8, 4) is 11.3 Å². The Bertz CT molecular complexity index is 816. The normalized spacial score (nSPS) is 18.4. The maximum absolute atomic E-state index is 13.1. The van der Waals surface area contributed by atoms with E-state index in [1.54, 1.807) is 0 Å². The average Bonchev–Trinajstić information content (AvgIpc) is 3.15. The van der Waals surface area contributed by atoms with Gasteiger partial charge in [0.15, 0.2) is 0 Å². The summed E-state index contributed by atoms with van der Waals surface area (Å²) in [5.41, 5.74) is 3.20. The Hall–Kier alpha value is -2.50. The van der Waals surface area contributed by atoms with Crippen molar-refractivity contribution in [1.29, 1.82) is 0 Å². The second-order valence-corrected chi connectivity index (χ2v) is 6.24. The predicted molar refractivity (Wildman–Crippen MR) is 94.4 cm³/mol. The van der Waals surface area contributed by atoms with Gasteiger partial charge in [-0.05, 0) is 23.3 Å². The molecule has 1 aliphatic heterocycles. The second-order valence-electron chi connectivity index (χ2n) is 6.24. The number of H-pyrrole nitrogens is 1. The standard InChI is InChI=1S/C20H20FN3O/c21-17-8-6-15(7-9-17)13-24-10-11-25-14-19(24)20-22-12-18(23-20)16-4-2-1-3-5-16/h1-9,12,19H,10-11,13-14H2,(H,22,23). The number of hydrogen-bond donors (Lipinski definition) is 1. The van der Waals surface area contributed by atoms with Gasteiger partial charge in [0.2, 0.25) is 0 Å². The molecule has 0 amide bonds. The summed E-state index contributed by atoms with van der Waals surface area (Å²) < 4.78 is 18.8. The zero-order valence-electron chi connectivity index (χ0n) is 13.9. The maximum Gasteiger partial charge on any atom is 0.126 e. The van der Waals surface area contributed by atoms with Crippen LogP contribution in [0.5, 0.6) is 0 Å². The van der Waals surface area contributed by atoms with Crippen LogP contribution in [-0.4, -0.2) is 34.6 Å². The quantitative estimate of drug-likeness (QED) is 0.787. The van der Waals surface area contributed by atoms with Crippen LogP contribution in [0.15, 0.2) is 60.8 Å². The van der Waals surface area contributed by atoms with Crippen LogP contribution in [-0.2, 0) is 11.3 Å². The number of aromatic nitrogens is 2. The van der Waals surface area contributed by atoms with E-state index in [0.717, 1.165) is 35.7 Å². The molecule has 1 unspecified atom stereocenters. The van der Waals surface area contributed by atoms with Gasteiger partial charge < -0.3 is 9.72 Å². The van der Waals surface area contributed by atoms with Crippen molar-refractivity contribution in [2.45, 2.75) is 12.6 Å². The van der Waals surface area contributed by atoms with Crippen LogP contribution < -0.4 is 0 Å². The molecule has 1 atom stereocenters. The van der Waals surface area contributed by atoms with Gasteiger partial charge >= 0.3 is 0 Å². The summed E-state index contributed by atoms with van der Waals surface area (Å²) in [4.78, 5) is 10.3. The zero-order valence-corrected chi connectivity index (χ0v) is 13.9. The minimum Gasteiger partial charge on any atom is -0.378 e. The molecule has 0 spiro atoms. The lowest BCUT2D eigenvalue weighted by molar-refractivity contribution is -0.0156. The van der Waals surface area contributed by atoms with Crippen molar-refractivity contribution < 1.29 is 9.13 Å². The molecule has 0 bridgehead atoms. The van der Waals surface area contributed by atoms with Crippen LogP contribution in [0.3, 0.4) is 0 Å². The van der Waals surface area contributed by atoms with Crippen molar-refractivity contribution in [3.05, 3.63) is 78.0 Å². The van der Waals surface area contributed by atoms with Gasteiger partial charge in [-0.15, -0.1) is 0 Å². The molecule has 1 fully saturated rings. The minimum absolute atomic E-state index is 0.0660. The smallest absolute Gasteiger partial charge is 0.126 e. The molecule has 1 aliphatic rings. The number of aromatic amines is 1. The number of hydrogen-bond acceptors (Lipinski definition) is 3. The molecular weight excluding hydrogens is 317 g/mol. The van der Waals surface area contributed by atoms with Crippen molar-refractivity contribution in [2.75, 3.05) is 19.8 Å². The fraction of sp³-hybridized carbons (Fsp3) is 0.250. The molecule has 25 heavy (non-hydrogen) atoms. The number of ether oxygens (including phenoxy) is 1. The van der Waals surface area contributed by atoms with Crippen molar-refractivity contribution >= 4 is 0 Å². The molecule has 0 saturated carbocycles. The van der Waals surface area contributed by atoms with E-state index >= 15 is 0 Å². The average molecular weight is 337 g/mol. The van der Waals surface area contributed by atoms with E-state index < -0.39 is 0 Å². The summed E-state index contributed by atoms with van der Waals surface area (Å²) in [5.74, 6) is 0.696. The maximum atomic E-state index is 13.1. The third-order valence-corrected chi connectivity index (χ3v) is 4.53. The molecule has 0 aliphatic carbocycles. The SMILES string of the molecule is Fc1ccc(CN2CCOCC2c2ncc(-c3ccccc3)[nH]2)cc1. The molecule has 128 valence electrons. The lowest BCUT2D eigenvalue weighted by atomic mass is 10.1. The fourth-order valence-electron chi connectivity index (χ4n) is 3.17. The highest BCUT2D eigenvalue weighted by atomic mass is 19.1. The second kappa shape index (κ2) is 7.17. The van der Waals surface area contributed by atoms with E-state index in [1.807, 2.05) is 36.5 Å². The van der Waals surface area contributed by atoms with Crippen LogP contribution in [0.1, 0.15) is 17.4 Å². The van der Waals surface area contributed by atoms with Crippen LogP contribution in [0.25, 0.3) is 11.3 Å². The summed E-state index contributed by atoms with van der Waals surface area (Å²) in [6.45, 7) is 2.87. The number of morpholine rings is 1. The van der Waals surface area contributed by atoms with E-state index in [4.69, 9.17) is 4.74 Å². The molecule has 1 aromatic heterocycles. The Balaban J connectivity index is 1.55. The summed E-state index contributed by atoms with van der Waals surface area (Å²) >= 11 is 0. The van der Waals surface area contributed by atoms with Crippen LogP contribution >= 0.6 is 0 Å². The van der Waals surface area contributed by atoms with E-state index in [1.165, 1.54) is 12.1 Å². The van der Waals surface area contributed by atoms with Crippen LogP contribution in [0.2, 0.25) is 0 Å². The Morgan fingerprint density at radius 1 is 1.12 bits per heavy atom. The number of nitrogens with one attached hydrogen (secondary N) is 1. The molecule has 4 nitrogen and oxygen atoms in total. The Labute approximate surface area is 146 Å². The molecule has 0 radical (unpaired) electrons. The number of nitrogens with zero attached hydrogens (tertiary/aromatic N) is 2. The minimum atomic E-state index is -0.208. The van der Waals surface area contributed by atoms with Crippen LogP contribution in [0.4, 0.5) is 4.39 Å². The number of halogens is 1. The van der Waals surface area contributed by atoms with Gasteiger partial charge in [-0.25, -0.2) is 9.37 Å². The predicted octanol–water partition coefficient (Wildman–Crippen LogP) is 3.79. The van der Waals surface area contributed by atoms with Crippen LogP contribution in [0, 0.1) is 5.82 Å². The highest BCUT2D eigenvalue weighted by molar-refractivity contribution is 5.58. The Kier molecular flexibility index (Phi) is 4.59. The first kappa shape index (κ1) is 16.0. The van der Waals surface area contributed by atoms with Gasteiger partial charge in [0, 0.05) is 13.1 Å². The molecule has 2 heterocycles. The molecular formula is C20H20FN3O. The van der Waals surface area contributed by atoms with Gasteiger partial charge in [0.05, 0.1) is 31.1 Å². The third-order valence-electron chi connectivity index (χ3n) is 4.53. The molecule has 1 N–H and O–H groups in total. The Morgan fingerprint density at radius 3 is 2.72 bits per heavy atom. The van der Waals surface area contributed by atoms with Gasteiger partial charge in [-0.1, -0.05) is 42.5 Å². The molecule has 2 aromatic carbocycles. The van der Waals surface area contributed by atoms with Gasteiger partial charge in [0.1, 0.15) is 11.6 Å². The fourth-order valence-corrected chi connectivity index (χ4v) is 3.17. The summed E-state index contributed by atoms with van der Waals surface area (Å²) in [6.07, 6.45) is 1.87. The van der Waals surface area contributed by atoms with Gasteiger partial charge in [-0.2, -0.15) is 0 Å². The van der Waals surface area contributed by atoms with Crippen molar-refractivity contribution in [2.24, 2.45) is 0 Å². The molecule has 3 aromatic rings. The number of benzene rings is 2. The zero-order chi connectivity index (χ0) is 17.1. The van der Waals surface area contributed by atoms with Crippen molar-refractivity contribution in [3.63, 3.8) is 0 Å². The van der Waals surface area contributed by atoms with E-state index in [2.05, 4.69) is 27.0 Å². The number of imidazole rings is 1. The summed E-state index contributed by atoms with van der Waals surface area (Å²) in [7, 11) is 0. The lowest BCUT2D eigenvalue weighted by Crippen LogP contribution is -2.39. The first-order chi connectivity index (χ1) is 12.3. The number of rotatable bonds is 4. The monoisotopic (exact) mass is 337 g/mol. The van der Waals surface area contributed by atoms with Gasteiger partial charge in [0.25, 0.3) is 0 Å². The first-order valence-electron chi connectivity index (χ1n) is 8.46. The van der Waals surface area contributed by atoms with E-state index in [-0.39, 0.29) is 11.9 Å². The molecule has 4 rings (SSSR count). The molecule has 5 heteroatoms. The first-order valence-corrected chi connectivity index (χ1v) is 8.46. The van der Waals surface area contributed by atoms with Gasteiger partial charge in [-0.3, -0.25) is 4.90 Å². The van der Waals surface area contributed by atoms with E-state index in [9.17, 15) is 4.39 Å².